The maximum atomic E-state index is 10.8. The first-order valence-electron chi connectivity index (χ1n) is 5.33. The number of rotatable bonds is 6. The van der Waals surface area contributed by atoms with Crippen molar-refractivity contribution < 1.29 is 9.53 Å². The van der Waals surface area contributed by atoms with E-state index in [2.05, 4.69) is 10.6 Å². The smallest absolute Gasteiger partial charge is 0.221 e. The monoisotopic (exact) mass is 222 g/mol. The number of amides is 1. The van der Waals surface area contributed by atoms with Gasteiger partial charge in [-0.3, -0.25) is 4.79 Å². The highest BCUT2D eigenvalue weighted by Crippen LogP contribution is 2.13. The molecule has 1 aromatic carbocycles. The van der Waals surface area contributed by atoms with Crippen molar-refractivity contribution in [2.45, 2.75) is 13.3 Å². The van der Waals surface area contributed by atoms with Crippen molar-refractivity contribution >= 4 is 17.3 Å². The summed E-state index contributed by atoms with van der Waals surface area (Å²) in [7, 11) is 1.70. The van der Waals surface area contributed by atoms with Gasteiger partial charge in [0.25, 0.3) is 0 Å². The molecule has 0 unspecified atom stereocenters. The van der Waals surface area contributed by atoms with Gasteiger partial charge in [0.1, 0.15) is 0 Å². The van der Waals surface area contributed by atoms with E-state index in [0.717, 1.165) is 30.9 Å². The van der Waals surface area contributed by atoms with Crippen LogP contribution < -0.4 is 10.6 Å². The number of anilines is 2. The lowest BCUT2D eigenvalue weighted by molar-refractivity contribution is -0.114. The van der Waals surface area contributed by atoms with E-state index in [1.54, 1.807) is 7.11 Å². The lowest BCUT2D eigenvalue weighted by atomic mass is 10.2. The number of nitrogens with one attached hydrogen (secondary N) is 2. The Morgan fingerprint density at radius 3 is 2.44 bits per heavy atom. The van der Waals surface area contributed by atoms with E-state index < -0.39 is 0 Å². The van der Waals surface area contributed by atoms with E-state index in [0.29, 0.717) is 0 Å². The second-order valence-electron chi connectivity index (χ2n) is 3.53. The predicted molar refractivity (Wildman–Crippen MR) is 65.7 cm³/mol. The fourth-order valence-corrected chi connectivity index (χ4v) is 1.32. The average Bonchev–Trinajstić information content (AvgIpc) is 2.26. The minimum absolute atomic E-state index is 0.0548. The molecule has 4 heteroatoms. The highest BCUT2D eigenvalue weighted by atomic mass is 16.5. The van der Waals surface area contributed by atoms with E-state index in [-0.39, 0.29) is 5.91 Å². The summed E-state index contributed by atoms with van der Waals surface area (Å²) in [5, 5.41) is 5.99. The van der Waals surface area contributed by atoms with Crippen LogP contribution in [0.1, 0.15) is 13.3 Å². The molecule has 1 rings (SSSR count). The molecule has 0 fully saturated rings. The van der Waals surface area contributed by atoms with Crippen LogP contribution in [0.4, 0.5) is 11.4 Å². The molecule has 0 aliphatic heterocycles. The number of methoxy groups -OCH3 is 1. The molecule has 0 atom stereocenters. The molecule has 1 aromatic rings. The third kappa shape index (κ3) is 4.79. The topological polar surface area (TPSA) is 50.4 Å². The minimum atomic E-state index is -0.0548. The number of ether oxygens (including phenoxy) is 1. The molecule has 16 heavy (non-hydrogen) atoms. The molecule has 0 spiro atoms. The van der Waals surface area contributed by atoms with Crippen molar-refractivity contribution in [3.8, 4) is 0 Å². The molecular weight excluding hydrogens is 204 g/mol. The molecule has 1 amide bonds. The Balaban J connectivity index is 2.36. The van der Waals surface area contributed by atoms with Crippen molar-refractivity contribution in [2.75, 3.05) is 30.9 Å². The number of carbonyl (C=O) groups is 1. The van der Waals surface area contributed by atoms with Crippen molar-refractivity contribution in [3.05, 3.63) is 24.3 Å². The molecule has 88 valence electrons. The second-order valence-corrected chi connectivity index (χ2v) is 3.53. The maximum absolute atomic E-state index is 10.8. The number of hydrogen-bond donors (Lipinski definition) is 2. The van der Waals surface area contributed by atoms with Crippen LogP contribution in [0.15, 0.2) is 24.3 Å². The SMILES string of the molecule is COCCCNc1ccc(NC(C)=O)cc1. The summed E-state index contributed by atoms with van der Waals surface area (Å²) in [6.45, 7) is 3.14. The normalized spacial score (nSPS) is 9.88. The third-order valence-electron chi connectivity index (χ3n) is 2.06. The Hall–Kier alpha value is -1.55. The Morgan fingerprint density at radius 1 is 1.25 bits per heavy atom. The minimum Gasteiger partial charge on any atom is -0.385 e. The lowest BCUT2D eigenvalue weighted by Gasteiger charge is -2.07. The summed E-state index contributed by atoms with van der Waals surface area (Å²) < 4.78 is 4.96. The molecule has 0 aliphatic rings. The summed E-state index contributed by atoms with van der Waals surface area (Å²) in [5.41, 5.74) is 1.86. The van der Waals surface area contributed by atoms with Crippen LogP contribution in [0, 0.1) is 0 Å². The first-order chi connectivity index (χ1) is 7.72. The molecule has 0 bridgehead atoms. The number of carbonyl (C=O) groups excluding carboxylic acids is 1. The van der Waals surface area contributed by atoms with Crippen LogP contribution in [-0.4, -0.2) is 26.2 Å². The summed E-state index contributed by atoms with van der Waals surface area (Å²) in [6.07, 6.45) is 0.976. The van der Waals surface area contributed by atoms with Gasteiger partial charge in [-0.15, -0.1) is 0 Å². The van der Waals surface area contributed by atoms with Gasteiger partial charge in [0, 0.05) is 38.6 Å². The number of benzene rings is 1. The van der Waals surface area contributed by atoms with Gasteiger partial charge in [0.05, 0.1) is 0 Å². The van der Waals surface area contributed by atoms with E-state index in [1.165, 1.54) is 6.92 Å². The fraction of sp³-hybridized carbons (Fsp3) is 0.417. The van der Waals surface area contributed by atoms with Gasteiger partial charge >= 0.3 is 0 Å². The molecular formula is C12H18N2O2. The highest BCUT2D eigenvalue weighted by molar-refractivity contribution is 5.88. The average molecular weight is 222 g/mol. The Bertz CT molecular complexity index is 322. The van der Waals surface area contributed by atoms with Gasteiger partial charge in [-0.25, -0.2) is 0 Å². The van der Waals surface area contributed by atoms with Crippen LogP contribution in [-0.2, 0) is 9.53 Å². The summed E-state index contributed by atoms with van der Waals surface area (Å²) in [5.74, 6) is -0.0548. The van der Waals surface area contributed by atoms with Gasteiger partial charge in [0.15, 0.2) is 0 Å². The zero-order valence-electron chi connectivity index (χ0n) is 9.75. The van der Waals surface area contributed by atoms with E-state index in [9.17, 15) is 4.79 Å². The Morgan fingerprint density at radius 2 is 1.88 bits per heavy atom. The molecule has 0 aromatic heterocycles. The molecule has 4 nitrogen and oxygen atoms in total. The fourth-order valence-electron chi connectivity index (χ4n) is 1.32. The van der Waals surface area contributed by atoms with Crippen LogP contribution in [0.2, 0.25) is 0 Å². The molecule has 0 heterocycles. The predicted octanol–water partition coefficient (Wildman–Crippen LogP) is 2.09. The maximum Gasteiger partial charge on any atom is 0.221 e. The van der Waals surface area contributed by atoms with Crippen molar-refractivity contribution in [1.29, 1.82) is 0 Å². The molecule has 0 saturated heterocycles. The van der Waals surface area contributed by atoms with Gasteiger partial charge < -0.3 is 15.4 Å². The van der Waals surface area contributed by atoms with Crippen LogP contribution in [0.5, 0.6) is 0 Å². The molecule has 0 aliphatic carbocycles. The standard InChI is InChI=1S/C12H18N2O2/c1-10(15)14-12-6-4-11(5-7-12)13-8-3-9-16-2/h4-7,13H,3,8-9H2,1-2H3,(H,14,15). The highest BCUT2D eigenvalue weighted by Gasteiger charge is 1.95. The van der Waals surface area contributed by atoms with Crippen LogP contribution in [0.3, 0.4) is 0 Å². The van der Waals surface area contributed by atoms with Gasteiger partial charge in [-0.1, -0.05) is 0 Å². The zero-order valence-corrected chi connectivity index (χ0v) is 9.75. The lowest BCUT2D eigenvalue weighted by Crippen LogP contribution is -2.06. The van der Waals surface area contributed by atoms with Crippen LogP contribution in [0.25, 0.3) is 0 Å². The molecule has 0 radical (unpaired) electrons. The van der Waals surface area contributed by atoms with Gasteiger partial charge in [0.2, 0.25) is 5.91 Å². The quantitative estimate of drug-likeness (QED) is 0.725. The summed E-state index contributed by atoms with van der Waals surface area (Å²) in [4.78, 5) is 10.8. The van der Waals surface area contributed by atoms with E-state index >= 15 is 0 Å². The van der Waals surface area contributed by atoms with Crippen molar-refractivity contribution in [2.24, 2.45) is 0 Å². The second kappa shape index (κ2) is 6.85. The molecule has 0 saturated carbocycles. The van der Waals surface area contributed by atoms with Crippen LogP contribution >= 0.6 is 0 Å². The van der Waals surface area contributed by atoms with E-state index in [4.69, 9.17) is 4.74 Å². The molecule has 2 N–H and O–H groups in total. The van der Waals surface area contributed by atoms with Crippen molar-refractivity contribution in [1.82, 2.24) is 0 Å². The van der Waals surface area contributed by atoms with Gasteiger partial charge in [-0.2, -0.15) is 0 Å². The first-order valence-corrected chi connectivity index (χ1v) is 5.33. The first kappa shape index (κ1) is 12.5. The van der Waals surface area contributed by atoms with E-state index in [1.807, 2.05) is 24.3 Å². The Labute approximate surface area is 96.0 Å². The summed E-state index contributed by atoms with van der Waals surface area (Å²) in [6, 6.07) is 7.64. The number of hydrogen-bond acceptors (Lipinski definition) is 3. The summed E-state index contributed by atoms with van der Waals surface area (Å²) >= 11 is 0. The zero-order chi connectivity index (χ0) is 11.8. The van der Waals surface area contributed by atoms with Gasteiger partial charge in [-0.05, 0) is 30.7 Å². The van der Waals surface area contributed by atoms with Crippen molar-refractivity contribution in [3.63, 3.8) is 0 Å². The Kier molecular flexibility index (Phi) is 5.36. The third-order valence-corrected chi connectivity index (χ3v) is 2.06. The largest absolute Gasteiger partial charge is 0.385 e.